The highest BCUT2D eigenvalue weighted by molar-refractivity contribution is 5.76. The first-order valence-corrected chi connectivity index (χ1v) is 5.22. The van der Waals surface area contributed by atoms with Gasteiger partial charge in [-0.1, -0.05) is 0 Å². The van der Waals surface area contributed by atoms with E-state index in [0.29, 0.717) is 32.2 Å². The van der Waals surface area contributed by atoms with Crippen LogP contribution >= 0.6 is 0 Å². The van der Waals surface area contributed by atoms with Gasteiger partial charge in [-0.3, -0.25) is 4.79 Å². The Morgan fingerprint density at radius 3 is 2.81 bits per heavy atom. The van der Waals surface area contributed by atoms with Crippen molar-refractivity contribution in [1.82, 2.24) is 5.32 Å². The van der Waals surface area contributed by atoms with E-state index in [1.807, 2.05) is 0 Å². The van der Waals surface area contributed by atoms with Gasteiger partial charge in [0.2, 0.25) is 5.91 Å². The largest absolute Gasteiger partial charge is 0.479 e. The summed E-state index contributed by atoms with van der Waals surface area (Å²) in [6.45, 7) is 0.354. The molecule has 1 heterocycles. The van der Waals surface area contributed by atoms with E-state index in [-0.39, 0.29) is 12.0 Å². The molecule has 0 aromatic heterocycles. The Balaban J connectivity index is 2.18. The molecule has 0 saturated carbocycles. The van der Waals surface area contributed by atoms with Crippen molar-refractivity contribution in [2.75, 3.05) is 6.54 Å². The molecule has 1 amide bonds. The zero-order chi connectivity index (χ0) is 12.0. The van der Waals surface area contributed by atoms with Crippen molar-refractivity contribution in [3.8, 4) is 12.3 Å². The van der Waals surface area contributed by atoms with E-state index >= 15 is 0 Å². The summed E-state index contributed by atoms with van der Waals surface area (Å²) in [5.74, 6) is 1.31. The smallest absolute Gasteiger partial charge is 0.332 e. The van der Waals surface area contributed by atoms with Crippen molar-refractivity contribution in [1.29, 1.82) is 0 Å². The van der Waals surface area contributed by atoms with Gasteiger partial charge in [0, 0.05) is 19.4 Å². The molecule has 1 aliphatic rings. The fourth-order valence-electron chi connectivity index (χ4n) is 1.54. The molecule has 2 N–H and O–H groups in total. The third kappa shape index (κ3) is 3.91. The van der Waals surface area contributed by atoms with Crippen LogP contribution in [0.2, 0.25) is 0 Å². The SMILES string of the molecule is C#CCCC(=O)NCC1CCC(C(=O)O)O1. The number of hydrogen-bond donors (Lipinski definition) is 2. The van der Waals surface area contributed by atoms with Crippen molar-refractivity contribution in [3.63, 3.8) is 0 Å². The number of carbonyl (C=O) groups is 2. The Kier molecular flexibility index (Phi) is 4.80. The van der Waals surface area contributed by atoms with Gasteiger partial charge in [-0.25, -0.2) is 4.79 Å². The first-order valence-electron chi connectivity index (χ1n) is 5.22. The van der Waals surface area contributed by atoms with Crippen LogP contribution < -0.4 is 5.32 Å². The topological polar surface area (TPSA) is 75.6 Å². The summed E-state index contributed by atoms with van der Waals surface area (Å²) in [6.07, 6.45) is 5.97. The molecule has 0 aromatic rings. The summed E-state index contributed by atoms with van der Waals surface area (Å²) in [4.78, 5) is 21.8. The molecule has 2 unspecified atom stereocenters. The lowest BCUT2D eigenvalue weighted by Gasteiger charge is -2.11. The van der Waals surface area contributed by atoms with E-state index in [1.165, 1.54) is 0 Å². The number of nitrogens with one attached hydrogen (secondary N) is 1. The molecule has 0 bridgehead atoms. The highest BCUT2D eigenvalue weighted by Gasteiger charge is 2.30. The maximum absolute atomic E-state index is 11.2. The van der Waals surface area contributed by atoms with E-state index in [1.54, 1.807) is 0 Å². The number of hydrogen-bond acceptors (Lipinski definition) is 3. The van der Waals surface area contributed by atoms with Gasteiger partial charge in [-0.15, -0.1) is 12.3 Å². The molecular weight excluding hydrogens is 210 g/mol. The van der Waals surface area contributed by atoms with Crippen LogP contribution in [0.3, 0.4) is 0 Å². The van der Waals surface area contributed by atoms with Crippen LogP contribution in [0, 0.1) is 12.3 Å². The number of terminal acetylenes is 1. The molecule has 2 atom stereocenters. The zero-order valence-electron chi connectivity index (χ0n) is 8.94. The lowest BCUT2D eigenvalue weighted by molar-refractivity contribution is -0.149. The standard InChI is InChI=1S/C11H15NO4/c1-2-3-4-10(13)12-7-8-5-6-9(16-8)11(14)15/h1,8-9H,3-7H2,(H,12,13)(H,14,15). The fourth-order valence-corrected chi connectivity index (χ4v) is 1.54. The quantitative estimate of drug-likeness (QED) is 0.653. The number of ether oxygens (including phenoxy) is 1. The van der Waals surface area contributed by atoms with Crippen molar-refractivity contribution in [2.24, 2.45) is 0 Å². The highest BCUT2D eigenvalue weighted by Crippen LogP contribution is 2.19. The van der Waals surface area contributed by atoms with Gasteiger partial charge >= 0.3 is 5.97 Å². The number of carboxylic acid groups (broad SMARTS) is 1. The van der Waals surface area contributed by atoms with Gasteiger partial charge in [0.1, 0.15) is 0 Å². The summed E-state index contributed by atoms with van der Waals surface area (Å²) >= 11 is 0. The number of aliphatic carboxylic acids is 1. The molecule has 5 heteroatoms. The Morgan fingerprint density at radius 2 is 2.25 bits per heavy atom. The predicted molar refractivity (Wildman–Crippen MR) is 56.6 cm³/mol. The molecule has 1 saturated heterocycles. The molecule has 0 radical (unpaired) electrons. The minimum atomic E-state index is -0.943. The van der Waals surface area contributed by atoms with E-state index in [4.69, 9.17) is 16.3 Å². The Morgan fingerprint density at radius 1 is 1.50 bits per heavy atom. The Labute approximate surface area is 94.2 Å². The van der Waals surface area contributed by atoms with Gasteiger partial charge in [0.15, 0.2) is 6.10 Å². The average molecular weight is 225 g/mol. The molecule has 88 valence electrons. The molecule has 1 rings (SSSR count). The lowest BCUT2D eigenvalue weighted by atomic mass is 10.2. The molecular formula is C11H15NO4. The summed E-state index contributed by atoms with van der Waals surface area (Å²) in [5, 5.41) is 11.4. The van der Waals surface area contributed by atoms with Crippen molar-refractivity contribution < 1.29 is 19.4 Å². The second kappa shape index (κ2) is 6.13. The number of rotatable bonds is 5. The third-order valence-corrected chi connectivity index (χ3v) is 2.41. The minimum Gasteiger partial charge on any atom is -0.479 e. The average Bonchev–Trinajstić information content (AvgIpc) is 2.72. The van der Waals surface area contributed by atoms with Gasteiger partial charge in [-0.2, -0.15) is 0 Å². The monoisotopic (exact) mass is 225 g/mol. The second-order valence-corrected chi connectivity index (χ2v) is 3.67. The van der Waals surface area contributed by atoms with E-state index in [0.717, 1.165) is 0 Å². The van der Waals surface area contributed by atoms with Gasteiger partial charge in [0.05, 0.1) is 6.10 Å². The second-order valence-electron chi connectivity index (χ2n) is 3.67. The zero-order valence-corrected chi connectivity index (χ0v) is 8.94. The van der Waals surface area contributed by atoms with Gasteiger partial charge in [-0.05, 0) is 12.8 Å². The van der Waals surface area contributed by atoms with Crippen molar-refractivity contribution in [3.05, 3.63) is 0 Å². The Hall–Kier alpha value is -1.54. The van der Waals surface area contributed by atoms with Crippen LogP contribution in [-0.4, -0.2) is 35.7 Å². The summed E-state index contributed by atoms with van der Waals surface area (Å²) < 4.78 is 5.22. The lowest BCUT2D eigenvalue weighted by Crippen LogP contribution is -2.32. The molecule has 0 spiro atoms. The van der Waals surface area contributed by atoms with Gasteiger partial charge in [0.25, 0.3) is 0 Å². The van der Waals surface area contributed by atoms with Crippen LogP contribution in [-0.2, 0) is 14.3 Å². The molecule has 5 nitrogen and oxygen atoms in total. The molecule has 1 fully saturated rings. The Bertz CT molecular complexity index is 308. The molecule has 16 heavy (non-hydrogen) atoms. The maximum atomic E-state index is 11.2. The summed E-state index contributed by atoms with van der Waals surface area (Å²) in [5.41, 5.74) is 0. The summed E-state index contributed by atoms with van der Waals surface area (Å²) in [6, 6.07) is 0. The van der Waals surface area contributed by atoms with Crippen LogP contribution in [0.4, 0.5) is 0 Å². The first kappa shape index (κ1) is 12.5. The number of amides is 1. The predicted octanol–water partition coefficient (Wildman–Crippen LogP) is 0.148. The van der Waals surface area contributed by atoms with Crippen molar-refractivity contribution in [2.45, 2.75) is 37.9 Å². The molecule has 0 aliphatic carbocycles. The number of carboxylic acids is 1. The van der Waals surface area contributed by atoms with Crippen LogP contribution in [0.15, 0.2) is 0 Å². The maximum Gasteiger partial charge on any atom is 0.332 e. The normalized spacial score (nSPS) is 23.7. The van der Waals surface area contributed by atoms with Crippen molar-refractivity contribution >= 4 is 11.9 Å². The van der Waals surface area contributed by atoms with E-state index in [9.17, 15) is 9.59 Å². The molecule has 0 aromatic carbocycles. The molecule has 1 aliphatic heterocycles. The van der Waals surface area contributed by atoms with Crippen LogP contribution in [0.1, 0.15) is 25.7 Å². The minimum absolute atomic E-state index is 0.125. The highest BCUT2D eigenvalue weighted by atomic mass is 16.5. The fraction of sp³-hybridized carbons (Fsp3) is 0.636. The van der Waals surface area contributed by atoms with Crippen LogP contribution in [0.25, 0.3) is 0 Å². The van der Waals surface area contributed by atoms with E-state index < -0.39 is 12.1 Å². The van der Waals surface area contributed by atoms with E-state index in [2.05, 4.69) is 11.2 Å². The number of carbonyl (C=O) groups excluding carboxylic acids is 1. The van der Waals surface area contributed by atoms with Gasteiger partial charge < -0.3 is 15.2 Å². The first-order chi connectivity index (χ1) is 7.63. The van der Waals surface area contributed by atoms with Crippen LogP contribution in [0.5, 0.6) is 0 Å². The third-order valence-electron chi connectivity index (χ3n) is 2.41. The summed E-state index contributed by atoms with van der Waals surface area (Å²) in [7, 11) is 0.